The van der Waals surface area contributed by atoms with Crippen LogP contribution < -0.4 is 10.6 Å². The number of aryl methyl sites for hydroxylation is 2. The van der Waals surface area contributed by atoms with Crippen LogP contribution in [0.15, 0.2) is 0 Å². The van der Waals surface area contributed by atoms with E-state index in [0.717, 1.165) is 10.8 Å². The highest BCUT2D eigenvalue weighted by molar-refractivity contribution is 7.15. The van der Waals surface area contributed by atoms with Crippen molar-refractivity contribution in [2.45, 2.75) is 33.7 Å². The Morgan fingerprint density at radius 1 is 1.53 bits per heavy atom. The number of thiazole rings is 1. The van der Waals surface area contributed by atoms with E-state index in [2.05, 4.69) is 15.6 Å². The number of rotatable bonds is 4. The van der Waals surface area contributed by atoms with E-state index in [1.54, 1.807) is 11.3 Å². The summed E-state index contributed by atoms with van der Waals surface area (Å²) in [5.74, 6) is 0.00278. The number of carbonyl (C=O) groups is 1. The van der Waals surface area contributed by atoms with Crippen LogP contribution in [0.4, 0.5) is 5.13 Å². The van der Waals surface area contributed by atoms with Gasteiger partial charge in [-0.25, -0.2) is 4.98 Å². The molecular weight excluding hydrogens is 210 g/mol. The summed E-state index contributed by atoms with van der Waals surface area (Å²) < 4.78 is 0. The molecule has 1 amide bonds. The van der Waals surface area contributed by atoms with Gasteiger partial charge in [-0.3, -0.25) is 4.79 Å². The average Bonchev–Trinajstić information content (AvgIpc) is 2.46. The van der Waals surface area contributed by atoms with Crippen molar-refractivity contribution in [1.82, 2.24) is 10.3 Å². The first-order valence-electron chi connectivity index (χ1n) is 5.02. The maximum atomic E-state index is 11.4. The minimum Gasteiger partial charge on any atom is -0.355 e. The standard InChI is InChI=1S/C10H17N3OS/c1-5-11-9(14)7(3)13-10-12-6(2)8(4)15-10/h7H,5H2,1-4H3,(H,11,14)(H,12,13). The highest BCUT2D eigenvalue weighted by Gasteiger charge is 2.13. The van der Waals surface area contributed by atoms with Crippen molar-refractivity contribution in [3.8, 4) is 0 Å². The van der Waals surface area contributed by atoms with Crippen molar-refractivity contribution >= 4 is 22.4 Å². The van der Waals surface area contributed by atoms with Gasteiger partial charge in [-0.05, 0) is 27.7 Å². The first-order valence-corrected chi connectivity index (χ1v) is 5.84. The molecule has 0 aliphatic heterocycles. The van der Waals surface area contributed by atoms with Gasteiger partial charge in [-0.15, -0.1) is 11.3 Å². The number of aromatic nitrogens is 1. The molecule has 5 heteroatoms. The van der Waals surface area contributed by atoms with E-state index in [1.165, 1.54) is 4.88 Å². The quantitative estimate of drug-likeness (QED) is 0.823. The van der Waals surface area contributed by atoms with Crippen LogP contribution in [0.2, 0.25) is 0 Å². The number of nitrogens with one attached hydrogen (secondary N) is 2. The molecule has 1 heterocycles. The molecule has 84 valence electrons. The van der Waals surface area contributed by atoms with Gasteiger partial charge in [0, 0.05) is 11.4 Å². The molecule has 0 fully saturated rings. The Hall–Kier alpha value is -1.10. The van der Waals surface area contributed by atoms with Crippen molar-refractivity contribution in [2.24, 2.45) is 0 Å². The van der Waals surface area contributed by atoms with E-state index in [0.29, 0.717) is 6.54 Å². The first-order chi connectivity index (χ1) is 7.04. The second-order valence-corrected chi connectivity index (χ2v) is 4.62. The molecule has 1 atom stereocenters. The van der Waals surface area contributed by atoms with Gasteiger partial charge in [0.25, 0.3) is 0 Å². The zero-order chi connectivity index (χ0) is 11.4. The molecule has 0 saturated heterocycles. The van der Waals surface area contributed by atoms with Gasteiger partial charge in [-0.2, -0.15) is 0 Å². The third kappa shape index (κ3) is 3.20. The van der Waals surface area contributed by atoms with Crippen molar-refractivity contribution in [3.05, 3.63) is 10.6 Å². The van der Waals surface area contributed by atoms with Crippen LogP contribution in [-0.2, 0) is 4.79 Å². The molecule has 1 rings (SSSR count). The number of carbonyl (C=O) groups excluding carboxylic acids is 1. The van der Waals surface area contributed by atoms with Gasteiger partial charge in [0.05, 0.1) is 5.69 Å². The molecule has 1 aromatic rings. The summed E-state index contributed by atoms with van der Waals surface area (Å²) in [5.41, 5.74) is 1.02. The summed E-state index contributed by atoms with van der Waals surface area (Å²) in [4.78, 5) is 16.9. The van der Waals surface area contributed by atoms with Gasteiger partial charge in [0.15, 0.2) is 5.13 Å². The lowest BCUT2D eigenvalue weighted by molar-refractivity contribution is -0.121. The van der Waals surface area contributed by atoms with Crippen LogP contribution in [0, 0.1) is 13.8 Å². The second-order valence-electron chi connectivity index (χ2n) is 3.42. The Labute approximate surface area is 94.1 Å². The fraction of sp³-hybridized carbons (Fsp3) is 0.600. The molecule has 1 unspecified atom stereocenters. The molecule has 0 aliphatic rings. The van der Waals surface area contributed by atoms with Crippen LogP contribution >= 0.6 is 11.3 Å². The number of hydrogen-bond donors (Lipinski definition) is 2. The Balaban J connectivity index is 2.58. The number of hydrogen-bond acceptors (Lipinski definition) is 4. The highest BCUT2D eigenvalue weighted by atomic mass is 32.1. The lowest BCUT2D eigenvalue weighted by Crippen LogP contribution is -2.37. The van der Waals surface area contributed by atoms with Gasteiger partial charge in [-0.1, -0.05) is 0 Å². The van der Waals surface area contributed by atoms with Crippen molar-refractivity contribution in [2.75, 3.05) is 11.9 Å². The largest absolute Gasteiger partial charge is 0.355 e. The van der Waals surface area contributed by atoms with Crippen LogP contribution in [0.25, 0.3) is 0 Å². The smallest absolute Gasteiger partial charge is 0.242 e. The van der Waals surface area contributed by atoms with Crippen LogP contribution in [0.3, 0.4) is 0 Å². The lowest BCUT2D eigenvalue weighted by atomic mass is 10.3. The van der Waals surface area contributed by atoms with E-state index < -0.39 is 0 Å². The highest BCUT2D eigenvalue weighted by Crippen LogP contribution is 2.21. The van der Waals surface area contributed by atoms with E-state index >= 15 is 0 Å². The van der Waals surface area contributed by atoms with Gasteiger partial charge in [0.2, 0.25) is 5.91 Å². The maximum Gasteiger partial charge on any atom is 0.242 e. The molecule has 4 nitrogen and oxygen atoms in total. The summed E-state index contributed by atoms with van der Waals surface area (Å²) in [6.07, 6.45) is 0. The van der Waals surface area contributed by atoms with Crippen molar-refractivity contribution < 1.29 is 4.79 Å². The molecular formula is C10H17N3OS. The minimum atomic E-state index is -0.241. The molecule has 0 bridgehead atoms. The van der Waals surface area contributed by atoms with E-state index in [-0.39, 0.29) is 11.9 Å². The molecule has 0 aromatic carbocycles. The fourth-order valence-electron chi connectivity index (χ4n) is 1.11. The van der Waals surface area contributed by atoms with E-state index in [1.807, 2.05) is 27.7 Å². The number of nitrogens with zero attached hydrogens (tertiary/aromatic N) is 1. The Bertz CT molecular complexity index is 329. The van der Waals surface area contributed by atoms with Crippen LogP contribution in [-0.4, -0.2) is 23.5 Å². The van der Waals surface area contributed by atoms with Crippen LogP contribution in [0.1, 0.15) is 24.4 Å². The van der Waals surface area contributed by atoms with E-state index in [4.69, 9.17) is 0 Å². The molecule has 1 aromatic heterocycles. The molecule has 15 heavy (non-hydrogen) atoms. The molecule has 0 radical (unpaired) electrons. The second kappa shape index (κ2) is 5.11. The monoisotopic (exact) mass is 227 g/mol. The van der Waals surface area contributed by atoms with E-state index in [9.17, 15) is 4.79 Å². The van der Waals surface area contributed by atoms with Gasteiger partial charge < -0.3 is 10.6 Å². The summed E-state index contributed by atoms with van der Waals surface area (Å²) in [6.45, 7) is 8.38. The molecule has 2 N–H and O–H groups in total. The first kappa shape index (κ1) is 12.0. The third-order valence-electron chi connectivity index (χ3n) is 2.11. The zero-order valence-corrected chi connectivity index (χ0v) is 10.4. The summed E-state index contributed by atoms with van der Waals surface area (Å²) in [6, 6.07) is -0.241. The predicted molar refractivity (Wildman–Crippen MR) is 63.4 cm³/mol. The molecule has 0 spiro atoms. The maximum absolute atomic E-state index is 11.4. The van der Waals surface area contributed by atoms with Crippen molar-refractivity contribution in [3.63, 3.8) is 0 Å². The van der Waals surface area contributed by atoms with Gasteiger partial charge in [0.1, 0.15) is 6.04 Å². The topological polar surface area (TPSA) is 54.0 Å². The fourth-order valence-corrected chi connectivity index (χ4v) is 2.01. The third-order valence-corrected chi connectivity index (χ3v) is 3.12. The van der Waals surface area contributed by atoms with Crippen LogP contribution in [0.5, 0.6) is 0 Å². The minimum absolute atomic E-state index is 0.00278. The normalized spacial score (nSPS) is 12.3. The number of anilines is 1. The average molecular weight is 227 g/mol. The van der Waals surface area contributed by atoms with Crippen molar-refractivity contribution in [1.29, 1.82) is 0 Å². The Kier molecular flexibility index (Phi) is 4.08. The SMILES string of the molecule is CCNC(=O)C(C)Nc1nc(C)c(C)s1. The van der Waals surface area contributed by atoms with Gasteiger partial charge >= 0.3 is 0 Å². The summed E-state index contributed by atoms with van der Waals surface area (Å²) >= 11 is 1.58. The zero-order valence-electron chi connectivity index (χ0n) is 9.55. The molecule has 0 aliphatic carbocycles. The Morgan fingerprint density at radius 2 is 2.20 bits per heavy atom. The summed E-state index contributed by atoms with van der Waals surface area (Å²) in [7, 11) is 0. The molecule has 0 saturated carbocycles. The Morgan fingerprint density at radius 3 is 2.67 bits per heavy atom. The lowest BCUT2D eigenvalue weighted by Gasteiger charge is -2.11. The number of amides is 1. The predicted octanol–water partition coefficient (Wildman–Crippen LogP) is 1.70. The summed E-state index contributed by atoms with van der Waals surface area (Å²) in [5, 5.41) is 6.65. The number of likely N-dealkylation sites (N-methyl/N-ethyl adjacent to an activating group) is 1.